The molecule has 0 fully saturated rings. The number of carbonyl (C=O) groups excluding carboxylic acids is 3. The molecule has 1 aromatic carbocycles. The lowest BCUT2D eigenvalue weighted by Crippen LogP contribution is -2.47. The topological polar surface area (TPSA) is 87.3 Å². The zero-order valence-electron chi connectivity index (χ0n) is 15.7. The lowest BCUT2D eigenvalue weighted by molar-refractivity contribution is -0.130. The molecule has 6 nitrogen and oxygen atoms in total. The van der Waals surface area contributed by atoms with Gasteiger partial charge in [0.2, 0.25) is 11.8 Å². The Morgan fingerprint density at radius 3 is 2.71 bits per heavy atom. The third-order valence-electron chi connectivity index (χ3n) is 4.69. The molecule has 3 amide bonds. The van der Waals surface area contributed by atoms with Crippen molar-refractivity contribution < 1.29 is 14.4 Å². The van der Waals surface area contributed by atoms with Gasteiger partial charge in [0.1, 0.15) is 0 Å². The Bertz CT molecular complexity index is 910. The van der Waals surface area contributed by atoms with Crippen LogP contribution in [0.15, 0.2) is 36.4 Å². The van der Waals surface area contributed by atoms with E-state index in [1.54, 1.807) is 26.0 Å². The monoisotopic (exact) mass is 419 g/mol. The first-order valence-corrected chi connectivity index (χ1v) is 10.1. The van der Waals surface area contributed by atoms with Crippen LogP contribution in [0.5, 0.6) is 0 Å². The van der Waals surface area contributed by atoms with Crippen LogP contribution in [0.25, 0.3) is 0 Å². The molecule has 8 heteroatoms. The predicted octanol–water partition coefficient (Wildman–Crippen LogP) is 2.69. The number of hydrogen-bond acceptors (Lipinski definition) is 4. The molecule has 1 aliphatic heterocycles. The number of thiophene rings is 1. The van der Waals surface area contributed by atoms with Crippen LogP contribution in [0.3, 0.4) is 0 Å². The van der Waals surface area contributed by atoms with Gasteiger partial charge in [-0.3, -0.25) is 14.4 Å². The maximum Gasteiger partial charge on any atom is 0.261 e. The number of carbonyl (C=O) groups is 3. The molecular formula is C20H22ClN3O3S. The van der Waals surface area contributed by atoms with Crippen LogP contribution in [0, 0.1) is 5.41 Å². The molecule has 3 rings (SSSR count). The van der Waals surface area contributed by atoms with E-state index in [1.165, 1.54) is 11.3 Å². The molecule has 0 radical (unpaired) electrons. The molecule has 1 atom stereocenters. The highest BCUT2D eigenvalue weighted by Gasteiger charge is 2.32. The number of rotatable bonds is 5. The zero-order chi connectivity index (χ0) is 20.3. The van der Waals surface area contributed by atoms with E-state index in [0.29, 0.717) is 22.2 Å². The van der Waals surface area contributed by atoms with Crippen LogP contribution >= 0.6 is 22.9 Å². The number of nitrogens with one attached hydrogen (secondary N) is 3. The fraction of sp³-hybridized carbons (Fsp3) is 0.350. The Labute approximate surface area is 172 Å². The van der Waals surface area contributed by atoms with E-state index >= 15 is 0 Å². The molecule has 1 aliphatic rings. The van der Waals surface area contributed by atoms with Gasteiger partial charge in [-0.05, 0) is 37.1 Å². The van der Waals surface area contributed by atoms with Gasteiger partial charge >= 0.3 is 0 Å². The van der Waals surface area contributed by atoms with Crippen LogP contribution in [-0.4, -0.2) is 30.8 Å². The predicted molar refractivity (Wildman–Crippen MR) is 109 cm³/mol. The van der Waals surface area contributed by atoms with Gasteiger partial charge in [-0.15, -0.1) is 11.3 Å². The summed E-state index contributed by atoms with van der Waals surface area (Å²) in [4.78, 5) is 37.5. The van der Waals surface area contributed by atoms with Crippen molar-refractivity contribution in [2.45, 2.75) is 26.3 Å². The summed E-state index contributed by atoms with van der Waals surface area (Å²) in [5.41, 5.74) is 1.01. The first kappa shape index (κ1) is 20.4. The van der Waals surface area contributed by atoms with Crippen molar-refractivity contribution >= 4 is 40.7 Å². The third-order valence-corrected chi connectivity index (χ3v) is 5.92. The quantitative estimate of drug-likeness (QED) is 0.696. The second kappa shape index (κ2) is 8.32. The van der Waals surface area contributed by atoms with Crippen LogP contribution < -0.4 is 16.0 Å². The van der Waals surface area contributed by atoms with E-state index in [0.717, 1.165) is 11.1 Å². The summed E-state index contributed by atoms with van der Waals surface area (Å²) in [6.07, 6.45) is 0.297. The minimum absolute atomic E-state index is 0.0645. The molecule has 0 saturated carbocycles. The van der Waals surface area contributed by atoms with Crippen LogP contribution in [-0.2, 0) is 16.0 Å². The average Bonchev–Trinajstić information content (AvgIpc) is 3.03. The third kappa shape index (κ3) is 4.72. The molecule has 28 heavy (non-hydrogen) atoms. The summed E-state index contributed by atoms with van der Waals surface area (Å²) in [7, 11) is 0. The summed E-state index contributed by atoms with van der Waals surface area (Å²) >= 11 is 7.05. The second-order valence-electron chi connectivity index (χ2n) is 7.38. The smallest absolute Gasteiger partial charge is 0.261 e. The molecule has 2 aromatic rings. The van der Waals surface area contributed by atoms with Crippen molar-refractivity contribution in [1.82, 2.24) is 16.0 Å². The number of halogens is 1. The van der Waals surface area contributed by atoms with Gasteiger partial charge in [-0.1, -0.05) is 35.9 Å². The van der Waals surface area contributed by atoms with E-state index in [9.17, 15) is 14.4 Å². The Balaban J connectivity index is 1.66. The molecular weight excluding hydrogens is 398 g/mol. The molecule has 1 aromatic heterocycles. The minimum atomic E-state index is -0.831. The van der Waals surface area contributed by atoms with Gasteiger partial charge in [0.05, 0.1) is 27.1 Å². The van der Waals surface area contributed by atoms with Crippen molar-refractivity contribution in [3.8, 4) is 0 Å². The number of benzene rings is 1. The summed E-state index contributed by atoms with van der Waals surface area (Å²) in [6.45, 7) is 4.04. The molecule has 0 bridgehead atoms. The summed E-state index contributed by atoms with van der Waals surface area (Å²) in [6, 6.07) is 10.6. The second-order valence-corrected chi connectivity index (χ2v) is 9.09. The van der Waals surface area contributed by atoms with E-state index in [-0.39, 0.29) is 30.3 Å². The van der Waals surface area contributed by atoms with Crippen molar-refractivity contribution in [1.29, 1.82) is 0 Å². The van der Waals surface area contributed by atoms with E-state index in [1.807, 2.05) is 24.3 Å². The summed E-state index contributed by atoms with van der Waals surface area (Å²) < 4.78 is 0.538. The van der Waals surface area contributed by atoms with Gasteiger partial charge in [-0.25, -0.2) is 0 Å². The molecule has 2 heterocycles. The standard InChI is InChI=1S/C20H22ClN3O3S/c1-20(2,11-23-18(26)15-7-8-16(21)28-15)19(27)24-14-10-22-17(25)9-12-5-3-4-6-13(12)14/h3-8,14H,9-11H2,1-2H3,(H,22,25)(H,23,26)(H,24,27). The Hall–Kier alpha value is -2.38. The van der Waals surface area contributed by atoms with Crippen molar-refractivity contribution in [2.75, 3.05) is 13.1 Å². The fourth-order valence-corrected chi connectivity index (χ4v) is 3.94. The van der Waals surface area contributed by atoms with Crippen LogP contribution in [0.4, 0.5) is 0 Å². The highest BCUT2D eigenvalue weighted by atomic mass is 35.5. The van der Waals surface area contributed by atoms with Crippen molar-refractivity contribution in [3.05, 3.63) is 56.7 Å². The molecule has 0 spiro atoms. The number of hydrogen-bond donors (Lipinski definition) is 3. The summed E-state index contributed by atoms with van der Waals surface area (Å²) in [5, 5.41) is 8.65. The number of fused-ring (bicyclic) bond motifs is 1. The van der Waals surface area contributed by atoms with Gasteiger partial charge in [0, 0.05) is 13.1 Å². The molecule has 3 N–H and O–H groups in total. The molecule has 1 unspecified atom stereocenters. The molecule has 148 valence electrons. The molecule has 0 aliphatic carbocycles. The van der Waals surface area contributed by atoms with E-state index in [2.05, 4.69) is 16.0 Å². The maximum atomic E-state index is 12.9. The Morgan fingerprint density at radius 1 is 1.25 bits per heavy atom. The highest BCUT2D eigenvalue weighted by Crippen LogP contribution is 2.24. The van der Waals surface area contributed by atoms with Crippen molar-refractivity contribution in [2.24, 2.45) is 5.41 Å². The average molecular weight is 420 g/mol. The molecule has 0 saturated heterocycles. The largest absolute Gasteiger partial charge is 0.353 e. The lowest BCUT2D eigenvalue weighted by Gasteiger charge is -2.28. The normalized spacial score (nSPS) is 16.5. The van der Waals surface area contributed by atoms with Crippen molar-refractivity contribution in [3.63, 3.8) is 0 Å². The SMILES string of the molecule is CC(C)(CNC(=O)c1ccc(Cl)s1)C(=O)NC1CNC(=O)Cc2ccccc21. The zero-order valence-corrected chi connectivity index (χ0v) is 17.2. The lowest BCUT2D eigenvalue weighted by atomic mass is 9.90. The minimum Gasteiger partial charge on any atom is -0.353 e. The first-order chi connectivity index (χ1) is 13.3. The summed E-state index contributed by atoms with van der Waals surface area (Å²) in [5.74, 6) is -0.525. The highest BCUT2D eigenvalue weighted by molar-refractivity contribution is 7.18. The van der Waals surface area contributed by atoms with E-state index < -0.39 is 5.41 Å². The van der Waals surface area contributed by atoms with Gasteiger partial charge in [0.25, 0.3) is 5.91 Å². The van der Waals surface area contributed by atoms with Gasteiger partial charge < -0.3 is 16.0 Å². The van der Waals surface area contributed by atoms with Crippen LogP contribution in [0.1, 0.15) is 40.7 Å². The Kier molecular flexibility index (Phi) is 6.05. The fourth-order valence-electron chi connectivity index (χ4n) is 2.98. The first-order valence-electron chi connectivity index (χ1n) is 8.95. The van der Waals surface area contributed by atoms with E-state index in [4.69, 9.17) is 11.6 Å². The maximum absolute atomic E-state index is 12.9. The number of amides is 3. The Morgan fingerprint density at radius 2 is 2.00 bits per heavy atom. The van der Waals surface area contributed by atoms with Crippen LogP contribution in [0.2, 0.25) is 4.34 Å². The van der Waals surface area contributed by atoms with Gasteiger partial charge in [-0.2, -0.15) is 0 Å². The van der Waals surface area contributed by atoms with Gasteiger partial charge in [0.15, 0.2) is 0 Å².